The molecule has 0 unspecified atom stereocenters. The van der Waals surface area contributed by atoms with Crippen LogP contribution < -0.4 is 15.3 Å². The highest BCUT2D eigenvalue weighted by molar-refractivity contribution is 6.31. The summed E-state index contributed by atoms with van der Waals surface area (Å²) in [5, 5.41) is 0. The second-order valence-electron chi connectivity index (χ2n) is 4.74. The summed E-state index contributed by atoms with van der Waals surface area (Å²) in [6.07, 6.45) is 7.42. The van der Waals surface area contributed by atoms with Gasteiger partial charge >= 0.3 is 0 Å². The highest BCUT2D eigenvalue weighted by Crippen LogP contribution is 2.16. The van der Waals surface area contributed by atoms with Crippen molar-refractivity contribution >= 4 is 24.9 Å². The van der Waals surface area contributed by atoms with E-state index in [1.807, 2.05) is 32.6 Å². The monoisotopic (exact) mass is 253 g/mol. The lowest BCUT2D eigenvalue weighted by Crippen LogP contribution is -2.47. The molecule has 2 aromatic heterocycles. The van der Waals surface area contributed by atoms with Crippen LogP contribution in [0.5, 0.6) is 0 Å². The minimum Gasteiger partial charge on any atom is -0.368 e. The Kier molecular flexibility index (Phi) is 3.31. The maximum absolute atomic E-state index is 4.39. The minimum absolute atomic E-state index is 0.833. The zero-order chi connectivity index (χ0) is 13.1. The van der Waals surface area contributed by atoms with Crippen LogP contribution in [0.25, 0.3) is 0 Å². The summed E-state index contributed by atoms with van der Waals surface area (Å²) in [5.41, 5.74) is 2.33. The van der Waals surface area contributed by atoms with Crippen LogP contribution in [-0.4, -0.2) is 49.0 Å². The van der Waals surface area contributed by atoms with E-state index in [0.717, 1.165) is 37.6 Å². The van der Waals surface area contributed by atoms with E-state index in [9.17, 15) is 0 Å². The van der Waals surface area contributed by atoms with Gasteiger partial charge in [0.05, 0.1) is 0 Å². The molecule has 19 heavy (non-hydrogen) atoms. The molecule has 6 heteroatoms. The average Bonchev–Trinajstić information content (AvgIpc) is 2.49. The molecule has 1 fully saturated rings. The van der Waals surface area contributed by atoms with Crippen LogP contribution in [0, 0.1) is 0 Å². The van der Waals surface area contributed by atoms with Crippen LogP contribution in [-0.2, 0) is 0 Å². The molecular formula is C13H16BN5. The lowest BCUT2D eigenvalue weighted by Gasteiger charge is -2.36. The zero-order valence-electron chi connectivity index (χ0n) is 11.0. The van der Waals surface area contributed by atoms with Crippen molar-refractivity contribution in [3.05, 3.63) is 36.9 Å². The van der Waals surface area contributed by atoms with Gasteiger partial charge in [-0.2, -0.15) is 0 Å². The Labute approximate surface area is 113 Å². The molecule has 96 valence electrons. The van der Waals surface area contributed by atoms with E-state index in [-0.39, 0.29) is 0 Å². The van der Waals surface area contributed by atoms with Gasteiger partial charge in [-0.25, -0.2) is 9.97 Å². The Balaban J connectivity index is 1.65. The minimum atomic E-state index is 0.833. The van der Waals surface area contributed by atoms with Gasteiger partial charge in [0.25, 0.3) is 0 Å². The highest BCUT2D eigenvalue weighted by Gasteiger charge is 2.18. The predicted octanol–water partition coefficient (Wildman–Crippen LogP) is -0.543. The molecule has 2 aromatic rings. The van der Waals surface area contributed by atoms with Gasteiger partial charge in [0.1, 0.15) is 7.85 Å². The predicted molar refractivity (Wildman–Crippen MR) is 78.9 cm³/mol. The first-order chi connectivity index (χ1) is 9.33. The maximum Gasteiger partial charge on any atom is 0.225 e. The molecule has 0 amide bonds. The molecule has 3 heterocycles. The number of aromatic nitrogens is 3. The lowest BCUT2D eigenvalue weighted by molar-refractivity contribution is 0.640. The normalized spacial score (nSPS) is 15.6. The molecule has 0 spiro atoms. The lowest BCUT2D eigenvalue weighted by atomic mass is 10.0. The molecule has 0 saturated carbocycles. The number of piperazine rings is 1. The number of hydrogen-bond donors (Lipinski definition) is 0. The van der Waals surface area contributed by atoms with Gasteiger partial charge in [0.15, 0.2) is 0 Å². The molecule has 0 N–H and O–H groups in total. The Morgan fingerprint density at radius 3 is 2.11 bits per heavy atom. The van der Waals surface area contributed by atoms with Crippen LogP contribution in [0.1, 0.15) is 0 Å². The van der Waals surface area contributed by atoms with Crippen LogP contribution in [0.4, 0.5) is 11.6 Å². The fourth-order valence-corrected chi connectivity index (χ4v) is 2.27. The standard InChI is InChI=1S/C13H16BN5/c14-11-9-16-13(17-10-11)19-7-5-18(6-8-19)12-1-3-15-4-2-12/h1-4,9-10H,5-8,14H2. The fraction of sp³-hybridized carbons (Fsp3) is 0.308. The van der Waals surface area contributed by atoms with Gasteiger partial charge in [-0.3, -0.25) is 4.98 Å². The van der Waals surface area contributed by atoms with Gasteiger partial charge in [-0.05, 0) is 12.1 Å². The van der Waals surface area contributed by atoms with Crippen molar-refractivity contribution < 1.29 is 0 Å². The number of rotatable bonds is 2. The molecule has 0 bridgehead atoms. The largest absolute Gasteiger partial charge is 0.368 e. The fourth-order valence-electron chi connectivity index (χ4n) is 2.27. The summed E-state index contributed by atoms with van der Waals surface area (Å²) in [6, 6.07) is 4.11. The molecule has 1 aliphatic heterocycles. The van der Waals surface area contributed by atoms with Crippen LogP contribution in [0.15, 0.2) is 36.9 Å². The maximum atomic E-state index is 4.39. The Morgan fingerprint density at radius 2 is 1.47 bits per heavy atom. The second kappa shape index (κ2) is 5.26. The van der Waals surface area contributed by atoms with Crippen molar-refractivity contribution in [2.24, 2.45) is 0 Å². The van der Waals surface area contributed by atoms with E-state index in [1.54, 1.807) is 0 Å². The van der Waals surface area contributed by atoms with Crippen molar-refractivity contribution in [2.75, 3.05) is 36.0 Å². The van der Waals surface area contributed by atoms with Crippen LogP contribution in [0.3, 0.4) is 0 Å². The van der Waals surface area contributed by atoms with E-state index in [0.29, 0.717) is 0 Å². The molecule has 1 saturated heterocycles. The van der Waals surface area contributed by atoms with Gasteiger partial charge in [-0.1, -0.05) is 5.46 Å². The summed E-state index contributed by atoms with van der Waals surface area (Å²) in [4.78, 5) is 17.4. The highest BCUT2D eigenvalue weighted by atomic mass is 15.3. The number of hydrogen-bond acceptors (Lipinski definition) is 5. The molecule has 0 atom stereocenters. The van der Waals surface area contributed by atoms with Crippen molar-refractivity contribution in [3.63, 3.8) is 0 Å². The summed E-state index contributed by atoms with van der Waals surface area (Å²) in [7, 11) is 2.01. The first-order valence-corrected chi connectivity index (χ1v) is 6.51. The molecule has 3 rings (SSSR count). The Morgan fingerprint density at radius 1 is 0.895 bits per heavy atom. The van der Waals surface area contributed by atoms with Gasteiger partial charge in [-0.15, -0.1) is 0 Å². The van der Waals surface area contributed by atoms with Gasteiger partial charge in [0, 0.05) is 56.7 Å². The van der Waals surface area contributed by atoms with Gasteiger partial charge in [0.2, 0.25) is 5.95 Å². The summed E-state index contributed by atoms with van der Waals surface area (Å²) in [6.45, 7) is 3.87. The molecular weight excluding hydrogens is 237 g/mol. The van der Waals surface area contributed by atoms with Gasteiger partial charge < -0.3 is 9.80 Å². The quantitative estimate of drug-likeness (QED) is 0.672. The van der Waals surface area contributed by atoms with E-state index >= 15 is 0 Å². The van der Waals surface area contributed by atoms with E-state index in [2.05, 4.69) is 36.9 Å². The van der Waals surface area contributed by atoms with E-state index in [1.165, 1.54) is 5.69 Å². The summed E-state index contributed by atoms with van der Waals surface area (Å²) < 4.78 is 0. The van der Waals surface area contributed by atoms with Crippen molar-refractivity contribution in [3.8, 4) is 0 Å². The second-order valence-corrected chi connectivity index (χ2v) is 4.74. The van der Waals surface area contributed by atoms with E-state index in [4.69, 9.17) is 0 Å². The first kappa shape index (κ1) is 12.0. The summed E-state index contributed by atoms with van der Waals surface area (Å²) >= 11 is 0. The first-order valence-electron chi connectivity index (χ1n) is 6.51. The Hall–Kier alpha value is -2.11. The molecule has 5 nitrogen and oxygen atoms in total. The number of anilines is 2. The van der Waals surface area contributed by atoms with Crippen molar-refractivity contribution in [1.82, 2.24) is 15.0 Å². The number of pyridine rings is 1. The third-order valence-electron chi connectivity index (χ3n) is 3.36. The van der Waals surface area contributed by atoms with Crippen molar-refractivity contribution in [2.45, 2.75) is 0 Å². The average molecular weight is 253 g/mol. The third kappa shape index (κ3) is 2.67. The summed E-state index contributed by atoms with van der Waals surface area (Å²) in [5.74, 6) is 0.833. The zero-order valence-corrected chi connectivity index (χ0v) is 11.0. The number of nitrogens with zero attached hydrogens (tertiary/aromatic N) is 5. The molecule has 1 aliphatic rings. The van der Waals surface area contributed by atoms with Crippen molar-refractivity contribution in [1.29, 1.82) is 0 Å². The molecule has 0 aromatic carbocycles. The topological polar surface area (TPSA) is 45.2 Å². The molecule has 0 radical (unpaired) electrons. The smallest absolute Gasteiger partial charge is 0.225 e. The van der Waals surface area contributed by atoms with Crippen LogP contribution in [0.2, 0.25) is 0 Å². The van der Waals surface area contributed by atoms with Crippen LogP contribution >= 0.6 is 0 Å². The third-order valence-corrected chi connectivity index (χ3v) is 3.36. The molecule has 0 aliphatic carbocycles. The Bertz CT molecular complexity index is 522. The van der Waals surface area contributed by atoms with E-state index < -0.39 is 0 Å². The SMILES string of the molecule is Bc1cnc(N2CCN(c3ccncc3)CC2)nc1.